The van der Waals surface area contributed by atoms with Gasteiger partial charge in [-0.25, -0.2) is 13.4 Å². The van der Waals surface area contributed by atoms with Gasteiger partial charge in [-0.3, -0.25) is 0 Å². The quantitative estimate of drug-likeness (QED) is 0.625. The minimum Gasteiger partial charge on any atom is -0.399 e. The zero-order valence-electron chi connectivity index (χ0n) is 11.4. The lowest BCUT2D eigenvalue weighted by molar-refractivity contribution is 0.213. The summed E-state index contributed by atoms with van der Waals surface area (Å²) in [7, 11) is -1.86. The number of sulfone groups is 1. The van der Waals surface area contributed by atoms with Crippen LogP contribution in [0.25, 0.3) is 0 Å². The summed E-state index contributed by atoms with van der Waals surface area (Å²) in [6.45, 7) is 1.76. The molecule has 1 aliphatic rings. The van der Waals surface area contributed by atoms with E-state index >= 15 is 0 Å². The van der Waals surface area contributed by atoms with E-state index in [1.165, 1.54) is 13.4 Å². The predicted molar refractivity (Wildman–Crippen MR) is 73.2 cm³/mol. The number of rotatable bonds is 3. The Bertz CT molecular complexity index is 621. The summed E-state index contributed by atoms with van der Waals surface area (Å²) < 4.78 is 23.8. The molecule has 0 unspecified atom stereocenters. The third kappa shape index (κ3) is 2.94. The molecule has 1 aromatic heterocycles. The second-order valence-corrected chi connectivity index (χ2v) is 6.72. The van der Waals surface area contributed by atoms with Crippen LogP contribution in [0.2, 0.25) is 0 Å². The lowest BCUT2D eigenvalue weighted by Crippen LogP contribution is -2.15. The number of aryl methyl sites for hydroxylation is 1. The summed E-state index contributed by atoms with van der Waals surface area (Å²) in [6, 6.07) is 1.93. The number of fused-ring (bicyclic) bond motifs is 1. The van der Waals surface area contributed by atoms with Gasteiger partial charge >= 0.3 is 0 Å². The van der Waals surface area contributed by atoms with Gasteiger partial charge in [0.1, 0.15) is 12.8 Å². The van der Waals surface area contributed by atoms with E-state index in [-0.39, 0.29) is 5.03 Å². The molecular formula is C13H18N2O3S. The van der Waals surface area contributed by atoms with Crippen molar-refractivity contribution in [3.05, 3.63) is 22.9 Å². The lowest BCUT2D eigenvalue weighted by atomic mass is 9.92. The Morgan fingerprint density at radius 2 is 2.05 bits per heavy atom. The third-order valence-electron chi connectivity index (χ3n) is 3.25. The largest absolute Gasteiger partial charge is 0.399 e. The highest BCUT2D eigenvalue weighted by Crippen LogP contribution is 2.27. The first-order valence-electron chi connectivity index (χ1n) is 6.24. The number of hydrogen-bond donors (Lipinski definition) is 0. The first-order chi connectivity index (χ1) is 8.93. The van der Waals surface area contributed by atoms with Crippen molar-refractivity contribution in [3.8, 4) is 0 Å². The van der Waals surface area contributed by atoms with Crippen LogP contribution in [0.1, 0.15) is 36.6 Å². The molecule has 104 valence electrons. The average Bonchev–Trinajstić information content (AvgIpc) is 2.36. The van der Waals surface area contributed by atoms with Crippen molar-refractivity contribution < 1.29 is 13.3 Å². The molecule has 1 aliphatic carbocycles. The van der Waals surface area contributed by atoms with Crippen LogP contribution in [0.15, 0.2) is 16.2 Å². The van der Waals surface area contributed by atoms with Gasteiger partial charge in [-0.1, -0.05) is 5.16 Å². The fraction of sp³-hybridized carbons (Fsp3) is 0.538. The van der Waals surface area contributed by atoms with Crippen molar-refractivity contribution in [2.75, 3.05) is 13.4 Å². The predicted octanol–water partition coefficient (Wildman–Crippen LogP) is 1.73. The number of aromatic nitrogens is 1. The van der Waals surface area contributed by atoms with Gasteiger partial charge in [0.05, 0.1) is 5.69 Å². The molecule has 0 fully saturated rings. The van der Waals surface area contributed by atoms with Crippen LogP contribution >= 0.6 is 0 Å². The molecule has 0 radical (unpaired) electrons. The van der Waals surface area contributed by atoms with E-state index in [4.69, 9.17) is 4.84 Å². The third-order valence-corrected chi connectivity index (χ3v) is 4.29. The van der Waals surface area contributed by atoms with E-state index in [9.17, 15) is 8.42 Å². The molecule has 19 heavy (non-hydrogen) atoms. The average molecular weight is 282 g/mol. The highest BCUT2D eigenvalue weighted by Gasteiger charge is 2.22. The minimum absolute atomic E-state index is 0.199. The molecule has 0 amide bonds. The Kier molecular flexibility index (Phi) is 3.89. The lowest BCUT2D eigenvalue weighted by Gasteiger charge is -2.19. The number of hydrogen-bond acceptors (Lipinski definition) is 5. The van der Waals surface area contributed by atoms with E-state index in [1.54, 1.807) is 6.92 Å². The molecule has 1 aromatic rings. The zero-order valence-corrected chi connectivity index (χ0v) is 12.2. The maximum Gasteiger partial charge on any atom is 0.193 e. The summed E-state index contributed by atoms with van der Waals surface area (Å²) in [5.74, 6) is 0. The van der Waals surface area contributed by atoms with Crippen LogP contribution in [0.3, 0.4) is 0 Å². The summed E-state index contributed by atoms with van der Waals surface area (Å²) >= 11 is 0. The van der Waals surface area contributed by atoms with Crippen molar-refractivity contribution >= 4 is 15.5 Å². The maximum absolute atomic E-state index is 11.9. The summed E-state index contributed by atoms with van der Waals surface area (Å²) in [6.07, 6.45) is 4.98. The Morgan fingerprint density at radius 3 is 2.68 bits per heavy atom. The monoisotopic (exact) mass is 282 g/mol. The first-order valence-corrected chi connectivity index (χ1v) is 8.13. The minimum atomic E-state index is -3.32. The molecule has 0 N–H and O–H groups in total. The number of oxime groups is 1. The van der Waals surface area contributed by atoms with Crippen LogP contribution in [-0.2, 0) is 27.5 Å². The molecular weight excluding hydrogens is 264 g/mol. The second-order valence-electron chi connectivity index (χ2n) is 4.79. The molecule has 1 heterocycles. The molecule has 0 atom stereocenters. The molecule has 0 bridgehead atoms. The number of pyridine rings is 1. The maximum atomic E-state index is 11.9. The summed E-state index contributed by atoms with van der Waals surface area (Å²) in [5, 5.41) is 4.03. The number of nitrogens with zero attached hydrogens (tertiary/aromatic N) is 2. The van der Waals surface area contributed by atoms with E-state index in [0.29, 0.717) is 11.4 Å². The van der Waals surface area contributed by atoms with Crippen LogP contribution in [0, 0.1) is 0 Å². The van der Waals surface area contributed by atoms with Crippen LogP contribution in [0.5, 0.6) is 0 Å². The topological polar surface area (TPSA) is 68.6 Å². The SMILES string of the molecule is CO/N=C(/C)c1cc2c(c(S(C)(=O)=O)n1)CCCC2. The summed E-state index contributed by atoms with van der Waals surface area (Å²) in [4.78, 5) is 9.00. The van der Waals surface area contributed by atoms with Gasteiger partial charge in [-0.05, 0) is 49.8 Å². The molecule has 0 aromatic carbocycles. The first kappa shape index (κ1) is 14.0. The highest BCUT2D eigenvalue weighted by atomic mass is 32.2. The van der Waals surface area contributed by atoms with E-state index in [2.05, 4.69) is 10.1 Å². The van der Waals surface area contributed by atoms with Gasteiger partial charge in [0, 0.05) is 6.26 Å². The Labute approximate surface area is 113 Å². The van der Waals surface area contributed by atoms with Crippen molar-refractivity contribution in [3.63, 3.8) is 0 Å². The van der Waals surface area contributed by atoms with E-state index in [1.807, 2.05) is 6.07 Å². The van der Waals surface area contributed by atoms with Gasteiger partial charge in [0.25, 0.3) is 0 Å². The van der Waals surface area contributed by atoms with Gasteiger partial charge in [-0.2, -0.15) is 0 Å². The zero-order chi connectivity index (χ0) is 14.0. The van der Waals surface area contributed by atoms with E-state index in [0.717, 1.165) is 36.8 Å². The Hall–Kier alpha value is -1.43. The van der Waals surface area contributed by atoms with Gasteiger partial charge in [-0.15, -0.1) is 0 Å². The molecule has 0 saturated carbocycles. The van der Waals surface area contributed by atoms with Crippen LogP contribution in [0.4, 0.5) is 0 Å². The molecule has 5 nitrogen and oxygen atoms in total. The van der Waals surface area contributed by atoms with Crippen LogP contribution in [-0.4, -0.2) is 32.5 Å². The summed E-state index contributed by atoms with van der Waals surface area (Å²) in [5.41, 5.74) is 3.11. The molecule has 0 aliphatic heterocycles. The van der Waals surface area contributed by atoms with Gasteiger partial charge in [0.2, 0.25) is 0 Å². The highest BCUT2D eigenvalue weighted by molar-refractivity contribution is 7.90. The van der Waals surface area contributed by atoms with Gasteiger partial charge < -0.3 is 4.84 Å². The van der Waals surface area contributed by atoms with Crippen LogP contribution < -0.4 is 0 Å². The van der Waals surface area contributed by atoms with Crippen molar-refractivity contribution in [1.29, 1.82) is 0 Å². The van der Waals surface area contributed by atoms with Crippen molar-refractivity contribution in [1.82, 2.24) is 4.98 Å². The Morgan fingerprint density at radius 1 is 1.37 bits per heavy atom. The Balaban J connectivity index is 2.65. The molecule has 0 spiro atoms. The fourth-order valence-electron chi connectivity index (χ4n) is 2.38. The molecule has 0 saturated heterocycles. The van der Waals surface area contributed by atoms with Crippen molar-refractivity contribution in [2.45, 2.75) is 37.6 Å². The molecule has 6 heteroatoms. The smallest absolute Gasteiger partial charge is 0.193 e. The van der Waals surface area contributed by atoms with E-state index < -0.39 is 9.84 Å². The fourth-order valence-corrected chi connectivity index (χ4v) is 3.33. The molecule has 2 rings (SSSR count). The van der Waals surface area contributed by atoms with Crippen molar-refractivity contribution in [2.24, 2.45) is 5.16 Å². The normalized spacial score (nSPS) is 16.1. The standard InChI is InChI=1S/C13H18N2O3S/c1-9(15-18-2)12-8-10-6-4-5-7-11(10)13(14-12)19(3,16)17/h8H,4-7H2,1-3H3/b15-9-. The second kappa shape index (κ2) is 5.28. The van der Waals surface area contributed by atoms with Gasteiger partial charge in [0.15, 0.2) is 14.9 Å².